The van der Waals surface area contributed by atoms with Crippen molar-refractivity contribution in [1.29, 1.82) is 5.41 Å². The topological polar surface area (TPSA) is 75.1 Å². The monoisotopic (exact) mass is 403 g/mol. The van der Waals surface area contributed by atoms with Gasteiger partial charge < -0.3 is 15.5 Å². The SMILES string of the molecule is CC(=N)CC1C=C1CNC(=O)c1cc(OC(F)(F)F)cc(-c2ccc(C)cn2)c1. The zero-order valence-corrected chi connectivity index (χ0v) is 15.9. The van der Waals surface area contributed by atoms with Crippen LogP contribution in [0.1, 0.15) is 29.3 Å². The summed E-state index contributed by atoms with van der Waals surface area (Å²) < 4.78 is 42.2. The molecule has 1 aliphatic rings. The Balaban J connectivity index is 1.79. The second kappa shape index (κ2) is 8.06. The van der Waals surface area contributed by atoms with Gasteiger partial charge in [0.15, 0.2) is 0 Å². The van der Waals surface area contributed by atoms with Crippen molar-refractivity contribution in [3.63, 3.8) is 0 Å². The Hall–Kier alpha value is -3.16. The Morgan fingerprint density at radius 3 is 2.66 bits per heavy atom. The number of benzene rings is 1. The Morgan fingerprint density at radius 1 is 1.28 bits per heavy atom. The number of hydrogen-bond donors (Lipinski definition) is 2. The number of carbonyl (C=O) groups excluding carboxylic acids is 1. The molecule has 0 radical (unpaired) electrons. The van der Waals surface area contributed by atoms with Crippen LogP contribution in [-0.2, 0) is 0 Å². The Morgan fingerprint density at radius 2 is 2.03 bits per heavy atom. The van der Waals surface area contributed by atoms with Crippen LogP contribution in [0.3, 0.4) is 0 Å². The lowest BCUT2D eigenvalue weighted by atomic mass is 10.1. The zero-order chi connectivity index (χ0) is 21.2. The van der Waals surface area contributed by atoms with Crippen LogP contribution in [0.25, 0.3) is 11.3 Å². The number of ether oxygens (including phenoxy) is 1. The Bertz CT molecular complexity index is 966. The third-order valence-corrected chi connectivity index (χ3v) is 4.37. The van der Waals surface area contributed by atoms with Gasteiger partial charge in [0.05, 0.1) is 5.69 Å². The molecule has 0 saturated heterocycles. The highest BCUT2D eigenvalue weighted by Gasteiger charge is 2.32. The molecule has 1 heterocycles. The first-order valence-corrected chi connectivity index (χ1v) is 8.97. The molecule has 0 bridgehead atoms. The summed E-state index contributed by atoms with van der Waals surface area (Å²) >= 11 is 0. The first kappa shape index (κ1) is 20.6. The van der Waals surface area contributed by atoms with Gasteiger partial charge in [0.1, 0.15) is 5.75 Å². The number of halogens is 3. The van der Waals surface area contributed by atoms with Gasteiger partial charge in [-0.25, -0.2) is 0 Å². The van der Waals surface area contributed by atoms with Gasteiger partial charge in [0, 0.05) is 35.5 Å². The molecule has 1 aromatic carbocycles. The molecule has 8 heteroatoms. The van der Waals surface area contributed by atoms with Gasteiger partial charge in [-0.05, 0) is 55.7 Å². The van der Waals surface area contributed by atoms with Crippen molar-refractivity contribution in [3.8, 4) is 17.0 Å². The van der Waals surface area contributed by atoms with E-state index in [4.69, 9.17) is 5.41 Å². The molecule has 1 amide bonds. The molecule has 5 nitrogen and oxygen atoms in total. The van der Waals surface area contributed by atoms with Crippen molar-refractivity contribution < 1.29 is 22.7 Å². The number of aromatic nitrogens is 1. The fraction of sp³-hybridized carbons (Fsp3) is 0.286. The third kappa shape index (κ3) is 5.91. The summed E-state index contributed by atoms with van der Waals surface area (Å²) in [5, 5.41) is 10.2. The average Bonchev–Trinajstić information content (AvgIpc) is 3.35. The number of alkyl halides is 3. The fourth-order valence-corrected chi connectivity index (χ4v) is 2.91. The van der Waals surface area contributed by atoms with Gasteiger partial charge in [0.25, 0.3) is 5.91 Å². The van der Waals surface area contributed by atoms with E-state index >= 15 is 0 Å². The maximum Gasteiger partial charge on any atom is 0.573 e. The van der Waals surface area contributed by atoms with Crippen molar-refractivity contribution in [2.24, 2.45) is 5.92 Å². The lowest BCUT2D eigenvalue weighted by Crippen LogP contribution is -2.25. The highest BCUT2D eigenvalue weighted by Crippen LogP contribution is 2.32. The van der Waals surface area contributed by atoms with Crippen molar-refractivity contribution in [1.82, 2.24) is 10.3 Å². The van der Waals surface area contributed by atoms with Crippen molar-refractivity contribution in [3.05, 3.63) is 59.3 Å². The smallest absolute Gasteiger partial charge is 0.406 e. The average molecular weight is 403 g/mol. The van der Waals surface area contributed by atoms with E-state index in [9.17, 15) is 18.0 Å². The predicted octanol–water partition coefficient (Wildman–Crippen LogP) is 4.67. The number of allylic oxidation sites excluding steroid dienone is 1. The molecule has 29 heavy (non-hydrogen) atoms. The van der Waals surface area contributed by atoms with Crippen LogP contribution in [0.5, 0.6) is 5.75 Å². The number of amides is 1. The lowest BCUT2D eigenvalue weighted by Gasteiger charge is -2.13. The summed E-state index contributed by atoms with van der Waals surface area (Å²) in [6, 6.07) is 7.19. The van der Waals surface area contributed by atoms with Gasteiger partial charge in [-0.15, -0.1) is 13.2 Å². The van der Waals surface area contributed by atoms with Crippen LogP contribution in [-0.4, -0.2) is 29.5 Å². The molecule has 0 saturated carbocycles. The van der Waals surface area contributed by atoms with Crippen LogP contribution >= 0.6 is 0 Å². The number of rotatable bonds is 7. The van der Waals surface area contributed by atoms with E-state index in [1.807, 2.05) is 13.0 Å². The van der Waals surface area contributed by atoms with E-state index in [2.05, 4.69) is 15.0 Å². The number of aryl methyl sites for hydroxylation is 1. The zero-order valence-electron chi connectivity index (χ0n) is 15.9. The molecule has 0 aliphatic heterocycles. The summed E-state index contributed by atoms with van der Waals surface area (Å²) in [5.41, 5.74) is 3.29. The molecule has 0 fully saturated rings. The summed E-state index contributed by atoms with van der Waals surface area (Å²) in [7, 11) is 0. The molecule has 1 unspecified atom stereocenters. The summed E-state index contributed by atoms with van der Waals surface area (Å²) in [4.78, 5) is 16.7. The molecule has 1 atom stereocenters. The molecular weight excluding hydrogens is 383 g/mol. The van der Waals surface area contributed by atoms with E-state index in [1.54, 1.807) is 25.3 Å². The van der Waals surface area contributed by atoms with Crippen LogP contribution in [0.2, 0.25) is 0 Å². The second-order valence-corrected chi connectivity index (χ2v) is 7.03. The highest BCUT2D eigenvalue weighted by atomic mass is 19.4. The first-order valence-electron chi connectivity index (χ1n) is 8.97. The normalized spacial score (nSPS) is 15.5. The fourth-order valence-electron chi connectivity index (χ4n) is 2.91. The van der Waals surface area contributed by atoms with E-state index in [0.29, 0.717) is 29.9 Å². The quantitative estimate of drug-likeness (QED) is 0.521. The Labute approximate surface area is 166 Å². The highest BCUT2D eigenvalue weighted by molar-refractivity contribution is 5.96. The van der Waals surface area contributed by atoms with Crippen LogP contribution in [0.4, 0.5) is 13.2 Å². The van der Waals surface area contributed by atoms with Gasteiger partial charge in [-0.3, -0.25) is 9.78 Å². The molecule has 0 spiro atoms. The van der Waals surface area contributed by atoms with E-state index < -0.39 is 18.0 Å². The molecule has 2 aromatic rings. The van der Waals surface area contributed by atoms with Gasteiger partial charge in [-0.2, -0.15) is 0 Å². The largest absolute Gasteiger partial charge is 0.573 e. The maximum absolute atomic E-state index is 12.7. The van der Waals surface area contributed by atoms with Crippen LogP contribution in [0, 0.1) is 18.3 Å². The number of pyridine rings is 1. The second-order valence-electron chi connectivity index (χ2n) is 7.03. The van der Waals surface area contributed by atoms with Gasteiger partial charge in [-0.1, -0.05) is 12.1 Å². The maximum atomic E-state index is 12.7. The van der Waals surface area contributed by atoms with Gasteiger partial charge in [0.2, 0.25) is 0 Å². The third-order valence-electron chi connectivity index (χ3n) is 4.37. The number of nitrogens with zero attached hydrogens (tertiary/aromatic N) is 1. The van der Waals surface area contributed by atoms with Crippen molar-refractivity contribution >= 4 is 11.6 Å². The molecule has 3 rings (SSSR count). The van der Waals surface area contributed by atoms with E-state index in [-0.39, 0.29) is 11.5 Å². The van der Waals surface area contributed by atoms with Crippen molar-refractivity contribution in [2.75, 3.05) is 6.54 Å². The van der Waals surface area contributed by atoms with E-state index in [0.717, 1.165) is 17.2 Å². The number of nitrogens with one attached hydrogen (secondary N) is 2. The number of carbonyl (C=O) groups is 1. The molecular formula is C21H20F3N3O2. The summed E-state index contributed by atoms with van der Waals surface area (Å²) in [6.45, 7) is 3.85. The van der Waals surface area contributed by atoms with Gasteiger partial charge >= 0.3 is 6.36 Å². The summed E-state index contributed by atoms with van der Waals surface area (Å²) in [6.07, 6.45) is -0.701. The van der Waals surface area contributed by atoms with Crippen LogP contribution < -0.4 is 10.1 Å². The lowest BCUT2D eigenvalue weighted by molar-refractivity contribution is -0.274. The molecule has 1 aromatic heterocycles. The minimum atomic E-state index is -4.87. The standard InChI is InChI=1S/C21H20F3N3O2/c1-12-3-4-19(26-10-12)15-7-16(9-18(8-15)29-21(22,23)24)20(28)27-11-17-6-14(17)5-13(2)25/h3-4,6-10,14,25H,5,11H2,1-2H3,(H,27,28). The van der Waals surface area contributed by atoms with E-state index in [1.165, 1.54) is 12.1 Å². The number of hydrogen-bond acceptors (Lipinski definition) is 4. The first-order chi connectivity index (χ1) is 13.6. The van der Waals surface area contributed by atoms with Crippen LogP contribution in [0.15, 0.2) is 48.2 Å². The Kier molecular flexibility index (Phi) is 5.72. The minimum absolute atomic E-state index is 0.0464. The molecule has 1 aliphatic carbocycles. The predicted molar refractivity (Wildman–Crippen MR) is 103 cm³/mol. The molecule has 152 valence electrons. The minimum Gasteiger partial charge on any atom is -0.406 e. The molecule has 2 N–H and O–H groups in total. The van der Waals surface area contributed by atoms with Crippen molar-refractivity contribution in [2.45, 2.75) is 26.6 Å². The summed E-state index contributed by atoms with van der Waals surface area (Å²) in [5.74, 6) is -0.811.